The predicted molar refractivity (Wildman–Crippen MR) is 92.1 cm³/mol. The summed E-state index contributed by atoms with van der Waals surface area (Å²) in [5.41, 5.74) is 5.37. The fraction of sp³-hybridized carbons (Fsp3) is 0.333. The highest BCUT2D eigenvalue weighted by molar-refractivity contribution is 5.94. The molecule has 1 aliphatic rings. The minimum Gasteiger partial charge on any atom is -0.358 e. The van der Waals surface area contributed by atoms with Gasteiger partial charge in [-0.1, -0.05) is 24.3 Å². The zero-order valence-corrected chi connectivity index (χ0v) is 13.4. The van der Waals surface area contributed by atoms with Gasteiger partial charge in [-0.25, -0.2) is 4.98 Å². The van der Waals surface area contributed by atoms with Crippen molar-refractivity contribution in [3.8, 4) is 0 Å². The molecule has 0 spiro atoms. The third-order valence-corrected chi connectivity index (χ3v) is 4.62. The molecule has 2 aromatic heterocycles. The van der Waals surface area contributed by atoms with Crippen molar-refractivity contribution in [3.05, 3.63) is 54.3 Å². The summed E-state index contributed by atoms with van der Waals surface area (Å²) in [5.74, 6) is 0. The first-order valence-electron chi connectivity index (χ1n) is 8.13. The second-order valence-electron chi connectivity index (χ2n) is 6.11. The summed E-state index contributed by atoms with van der Waals surface area (Å²) >= 11 is 0. The molecule has 0 aliphatic carbocycles. The van der Waals surface area contributed by atoms with Crippen LogP contribution in [0.3, 0.4) is 0 Å². The Morgan fingerprint density at radius 1 is 1.22 bits per heavy atom. The number of fused-ring (bicyclic) bond motifs is 1. The molecule has 0 saturated carbocycles. The molecule has 3 heterocycles. The van der Waals surface area contributed by atoms with Gasteiger partial charge in [-0.3, -0.25) is 9.58 Å². The monoisotopic (exact) mass is 307 g/mol. The minimum absolute atomic E-state index is 0.898. The molecule has 0 fully saturated rings. The first-order chi connectivity index (χ1) is 11.3. The van der Waals surface area contributed by atoms with Gasteiger partial charge < -0.3 is 4.98 Å². The van der Waals surface area contributed by atoms with Crippen molar-refractivity contribution in [1.29, 1.82) is 0 Å². The molecule has 5 heteroatoms. The Morgan fingerprint density at radius 2 is 2.13 bits per heavy atom. The molecular formula is C18H21N5. The molecule has 23 heavy (non-hydrogen) atoms. The minimum atomic E-state index is 0.898. The smallest absolute Gasteiger partial charge is 0.137 e. The van der Waals surface area contributed by atoms with Crippen molar-refractivity contribution in [2.75, 3.05) is 19.6 Å². The molecule has 0 unspecified atom stereocenters. The predicted octanol–water partition coefficient (Wildman–Crippen LogP) is 2.86. The summed E-state index contributed by atoms with van der Waals surface area (Å²) in [6.45, 7) is 6.19. The van der Waals surface area contributed by atoms with E-state index in [4.69, 9.17) is 0 Å². The summed E-state index contributed by atoms with van der Waals surface area (Å²) in [6, 6.07) is 8.57. The molecule has 118 valence electrons. The summed E-state index contributed by atoms with van der Waals surface area (Å²) in [4.78, 5) is 9.96. The summed E-state index contributed by atoms with van der Waals surface area (Å²) in [7, 11) is 0. The van der Waals surface area contributed by atoms with Gasteiger partial charge in [-0.15, -0.1) is 0 Å². The molecule has 4 rings (SSSR count). The summed E-state index contributed by atoms with van der Waals surface area (Å²) in [6.07, 6.45) is 6.85. The van der Waals surface area contributed by atoms with Crippen LogP contribution in [-0.2, 0) is 6.54 Å². The van der Waals surface area contributed by atoms with E-state index < -0.39 is 0 Å². The molecule has 1 aromatic carbocycles. The van der Waals surface area contributed by atoms with Crippen LogP contribution >= 0.6 is 0 Å². The van der Waals surface area contributed by atoms with Crippen molar-refractivity contribution in [2.45, 2.75) is 19.9 Å². The van der Waals surface area contributed by atoms with Gasteiger partial charge in [0.15, 0.2) is 0 Å². The number of H-pyrrole nitrogens is 1. The maximum Gasteiger partial charge on any atom is 0.137 e. The molecule has 1 N–H and O–H groups in total. The molecule has 1 aliphatic heterocycles. The average molecular weight is 307 g/mol. The molecule has 0 amide bonds. The zero-order chi connectivity index (χ0) is 15.6. The van der Waals surface area contributed by atoms with E-state index in [0.29, 0.717) is 0 Å². The van der Waals surface area contributed by atoms with Gasteiger partial charge in [-0.05, 0) is 25.0 Å². The third-order valence-electron chi connectivity index (χ3n) is 4.62. The van der Waals surface area contributed by atoms with Crippen LogP contribution in [0.2, 0.25) is 0 Å². The molecule has 5 nitrogen and oxygen atoms in total. The molecule has 0 atom stereocenters. The largest absolute Gasteiger partial charge is 0.358 e. The number of benzene rings is 1. The highest BCUT2D eigenvalue weighted by Gasteiger charge is 2.17. The molecular weight excluding hydrogens is 286 g/mol. The maximum absolute atomic E-state index is 4.16. The standard InChI is InChI=1S/C18H21N5/c1-14-18(16-4-2-3-5-17(16)21-14)15-6-8-22(9-7-15)10-11-23-13-19-12-20-23/h2-6,12-13,21H,7-11H2,1H3. The summed E-state index contributed by atoms with van der Waals surface area (Å²) in [5, 5.41) is 5.50. The Morgan fingerprint density at radius 3 is 2.91 bits per heavy atom. The van der Waals surface area contributed by atoms with Gasteiger partial charge in [0.2, 0.25) is 0 Å². The van der Waals surface area contributed by atoms with E-state index in [9.17, 15) is 0 Å². The van der Waals surface area contributed by atoms with Crippen LogP contribution in [0.4, 0.5) is 0 Å². The molecule has 3 aromatic rings. The molecule has 0 saturated heterocycles. The number of nitrogens with one attached hydrogen (secondary N) is 1. The lowest BCUT2D eigenvalue weighted by Crippen LogP contribution is -2.31. The van der Waals surface area contributed by atoms with Gasteiger partial charge >= 0.3 is 0 Å². The lowest BCUT2D eigenvalue weighted by molar-refractivity contribution is 0.283. The van der Waals surface area contributed by atoms with Crippen molar-refractivity contribution < 1.29 is 0 Å². The number of nitrogens with zero attached hydrogens (tertiary/aromatic N) is 4. The van der Waals surface area contributed by atoms with Gasteiger partial charge in [0.05, 0.1) is 6.54 Å². The van der Waals surface area contributed by atoms with E-state index in [1.54, 1.807) is 12.7 Å². The highest BCUT2D eigenvalue weighted by Crippen LogP contribution is 2.31. The second-order valence-corrected chi connectivity index (χ2v) is 6.11. The maximum atomic E-state index is 4.16. The first kappa shape index (κ1) is 14.2. The molecule has 0 radical (unpaired) electrons. The van der Waals surface area contributed by atoms with Gasteiger partial charge in [0.25, 0.3) is 0 Å². The van der Waals surface area contributed by atoms with Crippen LogP contribution in [0.15, 0.2) is 43.0 Å². The van der Waals surface area contributed by atoms with Crippen LogP contribution in [-0.4, -0.2) is 44.3 Å². The third kappa shape index (κ3) is 2.80. The number of aromatic amines is 1. The van der Waals surface area contributed by atoms with E-state index >= 15 is 0 Å². The SMILES string of the molecule is Cc1[nH]c2ccccc2c1C1=CCN(CCn2cncn2)CC1. The van der Waals surface area contributed by atoms with Crippen LogP contribution in [0.1, 0.15) is 17.7 Å². The van der Waals surface area contributed by atoms with Crippen LogP contribution < -0.4 is 0 Å². The number of para-hydroxylation sites is 1. The van der Waals surface area contributed by atoms with E-state index in [0.717, 1.165) is 32.6 Å². The quantitative estimate of drug-likeness (QED) is 0.806. The van der Waals surface area contributed by atoms with E-state index in [1.807, 2.05) is 4.68 Å². The van der Waals surface area contributed by atoms with Gasteiger partial charge in [0, 0.05) is 41.8 Å². The fourth-order valence-corrected chi connectivity index (χ4v) is 3.42. The molecule has 0 bridgehead atoms. The van der Waals surface area contributed by atoms with E-state index in [2.05, 4.69) is 57.2 Å². The van der Waals surface area contributed by atoms with Crippen LogP contribution in [0, 0.1) is 6.92 Å². The van der Waals surface area contributed by atoms with Gasteiger partial charge in [0.1, 0.15) is 12.7 Å². The topological polar surface area (TPSA) is 49.7 Å². The van der Waals surface area contributed by atoms with Crippen molar-refractivity contribution in [1.82, 2.24) is 24.6 Å². The summed E-state index contributed by atoms with van der Waals surface area (Å²) < 4.78 is 1.89. The zero-order valence-electron chi connectivity index (χ0n) is 13.4. The van der Waals surface area contributed by atoms with E-state index in [-0.39, 0.29) is 0 Å². The van der Waals surface area contributed by atoms with Crippen molar-refractivity contribution in [3.63, 3.8) is 0 Å². The average Bonchev–Trinajstić information content (AvgIpc) is 3.20. The number of aryl methyl sites for hydroxylation is 1. The Hall–Kier alpha value is -2.40. The number of aromatic nitrogens is 4. The number of rotatable bonds is 4. The Balaban J connectivity index is 1.49. The van der Waals surface area contributed by atoms with Gasteiger partial charge in [-0.2, -0.15) is 5.10 Å². The fourth-order valence-electron chi connectivity index (χ4n) is 3.42. The highest BCUT2D eigenvalue weighted by atomic mass is 15.3. The van der Waals surface area contributed by atoms with Crippen LogP contribution in [0.25, 0.3) is 16.5 Å². The second kappa shape index (κ2) is 6.01. The van der Waals surface area contributed by atoms with Crippen molar-refractivity contribution in [2.24, 2.45) is 0 Å². The number of hydrogen-bond acceptors (Lipinski definition) is 3. The van der Waals surface area contributed by atoms with E-state index in [1.165, 1.54) is 27.7 Å². The Kier molecular flexibility index (Phi) is 3.71. The van der Waals surface area contributed by atoms with Crippen molar-refractivity contribution >= 4 is 16.5 Å². The number of hydrogen-bond donors (Lipinski definition) is 1. The Labute approximate surface area is 135 Å². The first-order valence-corrected chi connectivity index (χ1v) is 8.13. The van der Waals surface area contributed by atoms with Crippen LogP contribution in [0.5, 0.6) is 0 Å². The lowest BCUT2D eigenvalue weighted by atomic mass is 9.97. The normalized spacial score (nSPS) is 16.0. The lowest BCUT2D eigenvalue weighted by Gasteiger charge is -2.26. The Bertz CT molecular complexity index is 828.